The second kappa shape index (κ2) is 9.46. The zero-order chi connectivity index (χ0) is 18.3. The van der Waals surface area contributed by atoms with E-state index in [1.807, 2.05) is 0 Å². The van der Waals surface area contributed by atoms with E-state index in [1.54, 1.807) is 6.92 Å². The summed E-state index contributed by atoms with van der Waals surface area (Å²) in [5.41, 5.74) is 0. The van der Waals surface area contributed by atoms with Gasteiger partial charge in [0.1, 0.15) is 31.8 Å². The van der Waals surface area contributed by atoms with Gasteiger partial charge in [-0.2, -0.15) is 0 Å². The van der Waals surface area contributed by atoms with Crippen LogP contribution in [0.4, 0.5) is 0 Å². The second-order valence-electron chi connectivity index (χ2n) is 7.39. The third-order valence-corrected chi connectivity index (χ3v) is 7.37. The lowest BCUT2D eigenvalue weighted by Crippen LogP contribution is -2.68. The Bertz CT molecular complexity index is 416. The lowest BCUT2D eigenvalue weighted by molar-refractivity contribution is -0.936. The van der Waals surface area contributed by atoms with Gasteiger partial charge in [-0.3, -0.25) is 4.79 Å². The molecule has 3 aliphatic rings. The highest BCUT2D eigenvalue weighted by Crippen LogP contribution is 2.31. The minimum atomic E-state index is -3.43. The second-order valence-corrected chi connectivity index (χ2v) is 9.35. The van der Waals surface area contributed by atoms with Gasteiger partial charge in [0.2, 0.25) is 0 Å². The maximum Gasteiger partial charge on any atom is 0.752 e. The number of carbonyl (C=O) groups excluding carboxylic acids is 1. The van der Waals surface area contributed by atoms with Crippen LogP contribution in [0.2, 0.25) is 0 Å². The zero-order valence-corrected chi connectivity index (χ0v) is 17.4. The van der Waals surface area contributed by atoms with Crippen LogP contribution in [0.3, 0.4) is 0 Å². The molecule has 0 radical (unpaired) electrons. The quantitative estimate of drug-likeness (QED) is 0.483. The smallest absolute Gasteiger partial charge is 0.452 e. The van der Waals surface area contributed by atoms with Crippen LogP contribution in [-0.2, 0) is 22.5 Å². The van der Waals surface area contributed by atoms with E-state index in [0.29, 0.717) is 13.0 Å². The highest BCUT2D eigenvalue weighted by Gasteiger charge is 2.58. The highest BCUT2D eigenvalue weighted by molar-refractivity contribution is 6.55. The molecule has 3 heterocycles. The third-order valence-electron chi connectivity index (χ3n) is 5.10. The Kier molecular flexibility index (Phi) is 7.88. The van der Waals surface area contributed by atoms with E-state index in [9.17, 15) is 4.79 Å². The van der Waals surface area contributed by atoms with Crippen molar-refractivity contribution < 1.29 is 27.0 Å². The van der Waals surface area contributed by atoms with Gasteiger partial charge in [-0.15, -0.1) is 0 Å². The average Bonchev–Trinajstić information content (AvgIpc) is 2.52. The van der Waals surface area contributed by atoms with Crippen LogP contribution in [0, 0.1) is 0 Å². The normalized spacial score (nSPS) is 35.7. The van der Waals surface area contributed by atoms with E-state index in [2.05, 4.69) is 20.8 Å². The molecule has 7 heteroatoms. The molecule has 3 saturated heterocycles. The van der Waals surface area contributed by atoms with Crippen molar-refractivity contribution in [3.63, 3.8) is 0 Å². The maximum absolute atomic E-state index is 12.0. The van der Waals surface area contributed by atoms with Crippen LogP contribution in [0.1, 0.15) is 66.2 Å². The largest absolute Gasteiger partial charge is 0.752 e. The molecule has 146 valence electrons. The van der Waals surface area contributed by atoms with Crippen molar-refractivity contribution in [2.45, 2.75) is 78.4 Å². The number of rotatable bonds is 8. The molecule has 0 saturated carbocycles. The highest BCUT2D eigenvalue weighted by atomic mass is 28.4. The fraction of sp³-hybridized carbons (Fsp3) is 0.944. The minimum absolute atomic E-state index is 0.0238. The van der Waals surface area contributed by atoms with Crippen molar-refractivity contribution >= 4 is 15.0 Å². The molecule has 0 amide bonds. The first-order valence-corrected chi connectivity index (χ1v) is 11.7. The van der Waals surface area contributed by atoms with Crippen LogP contribution in [0.15, 0.2) is 0 Å². The summed E-state index contributed by atoms with van der Waals surface area (Å²) in [6, 6.07) is 0. The number of fused-ring (bicyclic) bond motifs is 6. The summed E-state index contributed by atoms with van der Waals surface area (Å²) in [5.74, 6) is -0.298. The predicted octanol–water partition coefficient (Wildman–Crippen LogP) is 3.02. The van der Waals surface area contributed by atoms with E-state index >= 15 is 0 Å². The van der Waals surface area contributed by atoms with Crippen LogP contribution in [-0.4, -0.2) is 64.5 Å². The summed E-state index contributed by atoms with van der Waals surface area (Å²) < 4.78 is 25.5. The molecule has 6 nitrogen and oxygen atoms in total. The van der Waals surface area contributed by atoms with E-state index in [4.69, 9.17) is 17.7 Å². The van der Waals surface area contributed by atoms with Gasteiger partial charge in [0, 0.05) is 6.42 Å². The number of hydrogen-bond donors (Lipinski definition) is 0. The fourth-order valence-electron chi connectivity index (χ4n) is 4.07. The predicted molar refractivity (Wildman–Crippen MR) is 97.7 cm³/mol. The average molecular weight is 375 g/mol. The molecule has 2 bridgehead atoms. The van der Waals surface area contributed by atoms with Crippen molar-refractivity contribution in [1.82, 2.24) is 0 Å². The standard InChI is InChI=1S/C18H36NO5Si/c1-5-9-16-14-19(11-7-3)12-13-21-25(22-16,24-18(20)8-4)23-17(15-19)10-6-2/h16-17H,5-15H2,1-4H3/q+1. The zero-order valence-electron chi connectivity index (χ0n) is 16.4. The van der Waals surface area contributed by atoms with Gasteiger partial charge in [0.25, 0.3) is 5.97 Å². The Labute approximate surface area is 153 Å². The Hall–Kier alpha value is -0.473. The number of nitrogens with zero attached hydrogens (tertiary/aromatic N) is 1. The molecule has 2 unspecified atom stereocenters. The van der Waals surface area contributed by atoms with Gasteiger partial charge in [-0.1, -0.05) is 40.5 Å². The molecular formula is C18H36NO5Si+. The number of hydrogen-bond acceptors (Lipinski definition) is 5. The SMILES string of the molecule is CCCC1C[N+]2(CCC)CCO[Si](OC(=O)CC)(O1)OC(CCC)C2. The Balaban J connectivity index is 2.33. The van der Waals surface area contributed by atoms with Gasteiger partial charge in [0.05, 0.1) is 13.2 Å². The van der Waals surface area contributed by atoms with Crippen molar-refractivity contribution in [2.24, 2.45) is 0 Å². The van der Waals surface area contributed by atoms with Gasteiger partial charge >= 0.3 is 9.05 Å². The molecule has 3 aliphatic heterocycles. The first-order valence-electron chi connectivity index (χ1n) is 10.1. The molecule has 3 fully saturated rings. The summed E-state index contributed by atoms with van der Waals surface area (Å²) in [4.78, 5) is 12.0. The molecule has 2 atom stereocenters. The van der Waals surface area contributed by atoms with E-state index in [0.717, 1.165) is 62.8 Å². The topological polar surface area (TPSA) is 54.0 Å². The van der Waals surface area contributed by atoms with Crippen molar-refractivity contribution in [2.75, 3.05) is 32.8 Å². The molecule has 0 spiro atoms. The molecule has 0 aromatic rings. The Morgan fingerprint density at radius 1 is 1.04 bits per heavy atom. The summed E-state index contributed by atoms with van der Waals surface area (Å²) in [6.07, 6.45) is 5.41. The van der Waals surface area contributed by atoms with E-state index in [-0.39, 0.29) is 18.2 Å². The van der Waals surface area contributed by atoms with Crippen molar-refractivity contribution in [3.8, 4) is 0 Å². The number of carbonyl (C=O) groups is 1. The summed E-state index contributed by atoms with van der Waals surface area (Å²) in [7, 11) is -3.43. The number of quaternary nitrogens is 1. The van der Waals surface area contributed by atoms with Crippen LogP contribution >= 0.6 is 0 Å². The minimum Gasteiger partial charge on any atom is -0.452 e. The molecular weight excluding hydrogens is 338 g/mol. The monoisotopic (exact) mass is 374 g/mol. The summed E-state index contributed by atoms with van der Waals surface area (Å²) >= 11 is 0. The Morgan fingerprint density at radius 2 is 1.64 bits per heavy atom. The van der Waals surface area contributed by atoms with Gasteiger partial charge in [-0.25, -0.2) is 0 Å². The van der Waals surface area contributed by atoms with Crippen LogP contribution < -0.4 is 0 Å². The van der Waals surface area contributed by atoms with Gasteiger partial charge < -0.3 is 22.2 Å². The molecule has 25 heavy (non-hydrogen) atoms. The molecule has 0 N–H and O–H groups in total. The van der Waals surface area contributed by atoms with Crippen molar-refractivity contribution in [3.05, 3.63) is 0 Å². The van der Waals surface area contributed by atoms with Crippen LogP contribution in [0.25, 0.3) is 0 Å². The molecule has 0 aromatic carbocycles. The lowest BCUT2D eigenvalue weighted by Gasteiger charge is -2.49. The van der Waals surface area contributed by atoms with E-state index < -0.39 is 9.05 Å². The first-order chi connectivity index (χ1) is 12.0. The molecule has 3 rings (SSSR count). The summed E-state index contributed by atoms with van der Waals surface area (Å²) in [5, 5.41) is 0. The van der Waals surface area contributed by atoms with Crippen LogP contribution in [0.5, 0.6) is 0 Å². The summed E-state index contributed by atoms with van der Waals surface area (Å²) in [6.45, 7) is 12.9. The molecule has 0 aliphatic carbocycles. The van der Waals surface area contributed by atoms with E-state index in [1.165, 1.54) is 0 Å². The molecule has 0 aromatic heterocycles. The third kappa shape index (κ3) is 5.50. The van der Waals surface area contributed by atoms with Gasteiger partial charge in [-0.05, 0) is 19.3 Å². The lowest BCUT2D eigenvalue weighted by atomic mass is 10.1. The fourth-order valence-corrected chi connectivity index (χ4v) is 6.38. The maximum atomic E-state index is 12.0. The first kappa shape index (κ1) is 20.8. The Morgan fingerprint density at radius 3 is 2.12 bits per heavy atom. The van der Waals surface area contributed by atoms with Crippen molar-refractivity contribution in [1.29, 1.82) is 0 Å². The van der Waals surface area contributed by atoms with Gasteiger partial charge in [0.15, 0.2) is 0 Å².